The fourth-order valence-corrected chi connectivity index (χ4v) is 2.57. The topological polar surface area (TPSA) is 25.2 Å². The van der Waals surface area contributed by atoms with E-state index in [0.29, 0.717) is 6.04 Å². The van der Waals surface area contributed by atoms with Gasteiger partial charge in [-0.05, 0) is 41.5 Å². The Morgan fingerprint density at radius 1 is 1.11 bits per heavy atom. The Morgan fingerprint density at radius 3 is 2.33 bits per heavy atom. The molecular formula is C15H26BrNO. The summed E-state index contributed by atoms with van der Waals surface area (Å²) in [4.78, 5) is 0. The molecule has 2 nitrogen and oxygen atoms in total. The lowest BCUT2D eigenvalue weighted by atomic mass is 10.0. The van der Waals surface area contributed by atoms with Gasteiger partial charge in [0.15, 0.2) is 4.67 Å². The molecule has 3 heteroatoms. The van der Waals surface area contributed by atoms with Gasteiger partial charge in [-0.1, -0.05) is 51.9 Å². The van der Waals surface area contributed by atoms with E-state index in [1.165, 1.54) is 44.9 Å². The van der Waals surface area contributed by atoms with Gasteiger partial charge < -0.3 is 9.73 Å². The number of nitrogens with one attached hydrogen (secondary N) is 1. The molecule has 0 aliphatic heterocycles. The fourth-order valence-electron chi connectivity index (χ4n) is 2.25. The van der Waals surface area contributed by atoms with Crippen LogP contribution in [-0.4, -0.2) is 7.05 Å². The number of hydrogen-bond acceptors (Lipinski definition) is 2. The van der Waals surface area contributed by atoms with Crippen molar-refractivity contribution in [3.63, 3.8) is 0 Å². The monoisotopic (exact) mass is 315 g/mol. The summed E-state index contributed by atoms with van der Waals surface area (Å²) < 4.78 is 6.42. The van der Waals surface area contributed by atoms with Gasteiger partial charge in [0.05, 0.1) is 6.04 Å². The zero-order valence-corrected chi connectivity index (χ0v) is 13.3. The zero-order chi connectivity index (χ0) is 13.2. The van der Waals surface area contributed by atoms with Crippen LogP contribution < -0.4 is 5.32 Å². The normalized spacial score (nSPS) is 12.8. The van der Waals surface area contributed by atoms with Crippen molar-refractivity contribution in [2.24, 2.45) is 0 Å². The second-order valence-corrected chi connectivity index (χ2v) is 5.67. The van der Waals surface area contributed by atoms with Gasteiger partial charge in [-0.2, -0.15) is 0 Å². The standard InChI is InChI=1S/C15H26BrNO/c1-3-4-5-6-7-8-9-10-13(17-2)14-11-12-15(16)18-14/h11-13,17H,3-10H2,1-2H3. The van der Waals surface area contributed by atoms with Crippen LogP contribution in [0.15, 0.2) is 21.2 Å². The molecular weight excluding hydrogens is 290 g/mol. The predicted octanol–water partition coefficient (Wildman–Crippen LogP) is 5.44. The molecule has 104 valence electrons. The minimum atomic E-state index is 0.354. The van der Waals surface area contributed by atoms with E-state index < -0.39 is 0 Å². The van der Waals surface area contributed by atoms with Crippen LogP contribution in [0.2, 0.25) is 0 Å². The molecule has 1 aromatic rings. The van der Waals surface area contributed by atoms with Crippen LogP contribution in [0.1, 0.15) is 70.1 Å². The molecule has 0 bridgehead atoms. The number of halogens is 1. The number of furan rings is 1. The van der Waals surface area contributed by atoms with Crippen molar-refractivity contribution in [2.75, 3.05) is 7.05 Å². The Kier molecular flexibility index (Phi) is 8.44. The predicted molar refractivity (Wildman–Crippen MR) is 80.8 cm³/mol. The van der Waals surface area contributed by atoms with Crippen molar-refractivity contribution < 1.29 is 4.42 Å². The van der Waals surface area contributed by atoms with E-state index in [9.17, 15) is 0 Å². The summed E-state index contributed by atoms with van der Waals surface area (Å²) in [5, 5.41) is 3.33. The number of hydrogen-bond donors (Lipinski definition) is 1. The van der Waals surface area contributed by atoms with Gasteiger partial charge in [0.25, 0.3) is 0 Å². The van der Waals surface area contributed by atoms with E-state index in [-0.39, 0.29) is 0 Å². The van der Waals surface area contributed by atoms with Gasteiger partial charge in [-0.3, -0.25) is 0 Å². The highest BCUT2D eigenvalue weighted by Gasteiger charge is 2.12. The second kappa shape index (κ2) is 9.62. The maximum atomic E-state index is 5.60. The molecule has 0 fully saturated rings. The lowest BCUT2D eigenvalue weighted by Gasteiger charge is -2.13. The molecule has 1 atom stereocenters. The summed E-state index contributed by atoms with van der Waals surface area (Å²) >= 11 is 3.35. The Bertz CT molecular complexity index is 311. The highest BCUT2D eigenvalue weighted by Crippen LogP contribution is 2.24. The third-order valence-corrected chi connectivity index (χ3v) is 3.81. The third kappa shape index (κ3) is 6.05. The van der Waals surface area contributed by atoms with Crippen LogP contribution in [-0.2, 0) is 0 Å². The van der Waals surface area contributed by atoms with E-state index in [0.717, 1.165) is 16.9 Å². The molecule has 0 saturated carbocycles. The summed E-state index contributed by atoms with van der Waals surface area (Å²) in [6.07, 6.45) is 10.7. The summed E-state index contributed by atoms with van der Waals surface area (Å²) in [6, 6.07) is 4.36. The van der Waals surface area contributed by atoms with E-state index in [1.807, 2.05) is 19.2 Å². The maximum absolute atomic E-state index is 5.60. The molecule has 0 aromatic carbocycles. The quantitative estimate of drug-likeness (QED) is 0.581. The number of rotatable bonds is 10. The molecule has 1 unspecified atom stereocenters. The summed E-state index contributed by atoms with van der Waals surface area (Å²) in [6.45, 7) is 2.26. The van der Waals surface area contributed by atoms with Crippen molar-refractivity contribution in [2.45, 2.75) is 64.3 Å². The lowest BCUT2D eigenvalue weighted by Crippen LogP contribution is -2.15. The van der Waals surface area contributed by atoms with Crippen LogP contribution in [0, 0.1) is 0 Å². The first-order valence-corrected chi connectivity index (χ1v) is 7.99. The van der Waals surface area contributed by atoms with Crippen molar-refractivity contribution in [3.05, 3.63) is 22.6 Å². The highest BCUT2D eigenvalue weighted by molar-refractivity contribution is 9.10. The minimum Gasteiger partial charge on any atom is -0.453 e. The van der Waals surface area contributed by atoms with Crippen LogP contribution in [0.5, 0.6) is 0 Å². The van der Waals surface area contributed by atoms with Gasteiger partial charge in [0.2, 0.25) is 0 Å². The minimum absolute atomic E-state index is 0.354. The van der Waals surface area contributed by atoms with E-state index >= 15 is 0 Å². The maximum Gasteiger partial charge on any atom is 0.169 e. The van der Waals surface area contributed by atoms with Crippen molar-refractivity contribution in [1.82, 2.24) is 5.32 Å². The Hall–Kier alpha value is -0.280. The van der Waals surface area contributed by atoms with Crippen molar-refractivity contribution >= 4 is 15.9 Å². The molecule has 0 aliphatic rings. The van der Waals surface area contributed by atoms with E-state index in [1.54, 1.807) is 0 Å². The van der Waals surface area contributed by atoms with Crippen LogP contribution in [0.3, 0.4) is 0 Å². The third-order valence-electron chi connectivity index (χ3n) is 3.38. The van der Waals surface area contributed by atoms with Crippen molar-refractivity contribution in [3.8, 4) is 0 Å². The summed E-state index contributed by atoms with van der Waals surface area (Å²) in [5.41, 5.74) is 0. The molecule has 0 saturated heterocycles. The SMILES string of the molecule is CCCCCCCCCC(NC)c1ccc(Br)o1. The first-order chi connectivity index (χ1) is 8.77. The Balaban J connectivity index is 2.13. The molecule has 1 rings (SSSR count). The van der Waals surface area contributed by atoms with Crippen LogP contribution in [0.4, 0.5) is 0 Å². The van der Waals surface area contributed by atoms with E-state index in [4.69, 9.17) is 4.42 Å². The first-order valence-electron chi connectivity index (χ1n) is 7.20. The van der Waals surface area contributed by atoms with Gasteiger partial charge in [-0.15, -0.1) is 0 Å². The van der Waals surface area contributed by atoms with Gasteiger partial charge in [0, 0.05) is 0 Å². The number of unbranched alkanes of at least 4 members (excludes halogenated alkanes) is 6. The van der Waals surface area contributed by atoms with Crippen LogP contribution in [0.25, 0.3) is 0 Å². The highest BCUT2D eigenvalue weighted by atomic mass is 79.9. The summed E-state index contributed by atoms with van der Waals surface area (Å²) in [7, 11) is 2.00. The second-order valence-electron chi connectivity index (χ2n) is 4.89. The van der Waals surface area contributed by atoms with Gasteiger partial charge in [-0.25, -0.2) is 0 Å². The fraction of sp³-hybridized carbons (Fsp3) is 0.733. The Labute approximate surface area is 120 Å². The van der Waals surface area contributed by atoms with Gasteiger partial charge in [0.1, 0.15) is 5.76 Å². The van der Waals surface area contributed by atoms with Crippen LogP contribution >= 0.6 is 15.9 Å². The molecule has 0 aliphatic carbocycles. The molecule has 0 spiro atoms. The first kappa shape index (κ1) is 15.8. The van der Waals surface area contributed by atoms with Gasteiger partial charge >= 0.3 is 0 Å². The molecule has 1 heterocycles. The molecule has 1 N–H and O–H groups in total. The molecule has 0 radical (unpaired) electrons. The molecule has 0 amide bonds. The average Bonchev–Trinajstić information content (AvgIpc) is 2.79. The largest absolute Gasteiger partial charge is 0.453 e. The molecule has 18 heavy (non-hydrogen) atoms. The summed E-state index contributed by atoms with van der Waals surface area (Å²) in [5.74, 6) is 1.04. The lowest BCUT2D eigenvalue weighted by molar-refractivity contribution is 0.392. The average molecular weight is 316 g/mol. The van der Waals surface area contributed by atoms with E-state index in [2.05, 4.69) is 28.2 Å². The molecule has 1 aromatic heterocycles. The van der Waals surface area contributed by atoms with Crippen molar-refractivity contribution in [1.29, 1.82) is 0 Å². The zero-order valence-electron chi connectivity index (χ0n) is 11.7. The Morgan fingerprint density at radius 2 is 1.78 bits per heavy atom. The smallest absolute Gasteiger partial charge is 0.169 e.